The quantitative estimate of drug-likeness (QED) is 0.0519. The largest absolute Gasteiger partial charge is 0.490 e. The van der Waals surface area contributed by atoms with Gasteiger partial charge in [-0.1, -0.05) is 156 Å². The number of likely N-dealkylation sites (tertiary alicyclic amines) is 1. The lowest BCUT2D eigenvalue weighted by atomic mass is 9.85. The fourth-order valence-corrected chi connectivity index (χ4v) is 11.9. The van der Waals surface area contributed by atoms with Crippen molar-refractivity contribution in [3.05, 3.63) is 150 Å². The van der Waals surface area contributed by atoms with Crippen LogP contribution in [0.5, 0.6) is 5.75 Å². The number of carbonyl (C=O) groups is 10. The summed E-state index contributed by atoms with van der Waals surface area (Å²) in [6.45, 7) is 13.5. The molecule has 101 heavy (non-hydrogen) atoms. The van der Waals surface area contributed by atoms with Crippen molar-refractivity contribution < 1.29 is 67.3 Å². The van der Waals surface area contributed by atoms with Crippen LogP contribution in [-0.2, 0) is 89.8 Å². The van der Waals surface area contributed by atoms with Crippen molar-refractivity contribution in [3.8, 4) is 5.75 Å². The van der Waals surface area contributed by atoms with Gasteiger partial charge in [-0.05, 0) is 108 Å². The van der Waals surface area contributed by atoms with Gasteiger partial charge < -0.3 is 72.1 Å². The number of ether oxygens (including phenoxy) is 3. The van der Waals surface area contributed by atoms with Crippen LogP contribution in [0.25, 0.3) is 21.5 Å². The predicted octanol–water partition coefficient (Wildman–Crippen LogP) is 3.49. The van der Waals surface area contributed by atoms with Gasteiger partial charge in [0.2, 0.25) is 47.3 Å². The van der Waals surface area contributed by atoms with Gasteiger partial charge in [-0.2, -0.15) is 0 Å². The van der Waals surface area contributed by atoms with Crippen LogP contribution < -0.4 is 52.6 Å². The van der Waals surface area contributed by atoms with Crippen LogP contribution in [0.1, 0.15) is 97.0 Å². The molecule has 5 aromatic carbocycles. The van der Waals surface area contributed by atoms with Gasteiger partial charge in [-0.15, -0.1) is 5.10 Å². The predicted molar refractivity (Wildman–Crippen MR) is 377 cm³/mol. The number of carbonyl (C=O) groups excluding carboxylic acids is 9. The first-order valence-electron chi connectivity index (χ1n) is 33.9. The highest BCUT2D eigenvalue weighted by atomic mass is 16.5. The van der Waals surface area contributed by atoms with E-state index in [2.05, 4.69) is 58.2 Å². The molecule has 11 atom stereocenters. The highest BCUT2D eigenvalue weighted by Gasteiger charge is 2.48. The molecule has 8 amide bonds. The Morgan fingerprint density at radius 3 is 1.73 bits per heavy atom. The molecule has 0 spiro atoms. The minimum Gasteiger partial charge on any atom is -0.490 e. The molecule has 1 aromatic heterocycles. The SMILES string of the molecule is CN[C@@H](C)C(=O)N[C@H](C(=O)N[C@H]1CC=CCOc2ccc(cc2)C[C@H](C(=O)O)NC(=O)[C@H](Cc2ccc3ccccc3c2)NC(=O)[C@@H]2[C@@H](CCN2C(=O)[C@@H](NC(=O)[C@H](C)NC)C(C)(C)C)OCc2cn(nn2)CC[C@@H](C(=O)OC)NC(=O)[C@H](Cc2ccc3ccccc3c2)NC1=O)C(C)(C)C. The van der Waals surface area contributed by atoms with Gasteiger partial charge >= 0.3 is 11.9 Å². The van der Waals surface area contributed by atoms with Crippen LogP contribution in [-0.4, -0.2) is 185 Å². The topological polar surface area (TPSA) is 361 Å². The molecule has 1 saturated heterocycles. The molecule has 0 aliphatic carbocycles. The molecule has 4 heterocycles. The van der Waals surface area contributed by atoms with Crippen LogP contribution >= 0.6 is 0 Å². The van der Waals surface area contributed by atoms with Crippen LogP contribution in [0.2, 0.25) is 0 Å². The van der Waals surface area contributed by atoms with E-state index in [-0.39, 0.29) is 70.5 Å². The van der Waals surface area contributed by atoms with E-state index in [4.69, 9.17) is 14.2 Å². The Bertz CT molecular complexity index is 3980. The number of hydrogen-bond acceptors (Lipinski definition) is 17. The number of rotatable bonds is 15. The normalized spacial score (nSPS) is 21.5. The third-order valence-electron chi connectivity index (χ3n) is 18.1. The Labute approximate surface area is 587 Å². The van der Waals surface area contributed by atoms with Gasteiger partial charge in [0.25, 0.3) is 0 Å². The van der Waals surface area contributed by atoms with Gasteiger partial charge in [0.1, 0.15) is 66.4 Å². The Kier molecular flexibility index (Phi) is 26.4. The smallest absolute Gasteiger partial charge is 0.328 e. The van der Waals surface area contributed by atoms with Gasteiger partial charge in [-0.3, -0.25) is 43.0 Å². The molecule has 4 bridgehead atoms. The zero-order chi connectivity index (χ0) is 73.3. The van der Waals surface area contributed by atoms with Crippen LogP contribution in [0.4, 0.5) is 0 Å². The number of benzene rings is 5. The molecule has 1 fully saturated rings. The maximum Gasteiger partial charge on any atom is 0.328 e. The second-order valence-electron chi connectivity index (χ2n) is 27.8. The van der Waals surface area contributed by atoms with E-state index < -0.39 is 137 Å². The molecular formula is C74H95N13O14. The second-order valence-corrected chi connectivity index (χ2v) is 27.8. The maximum absolute atomic E-state index is 15.3. The highest BCUT2D eigenvalue weighted by molar-refractivity contribution is 5.98. The van der Waals surface area contributed by atoms with Crippen molar-refractivity contribution in [2.24, 2.45) is 10.8 Å². The summed E-state index contributed by atoms with van der Waals surface area (Å²) in [5, 5.41) is 48.3. The Morgan fingerprint density at radius 2 is 1.19 bits per heavy atom. The summed E-state index contributed by atoms with van der Waals surface area (Å²) in [5.41, 5.74) is 0.278. The lowest BCUT2D eigenvalue weighted by Gasteiger charge is -2.37. The van der Waals surface area contributed by atoms with Crippen LogP contribution in [0, 0.1) is 10.8 Å². The fourth-order valence-electron chi connectivity index (χ4n) is 11.9. The van der Waals surface area contributed by atoms with E-state index in [1.807, 2.05) is 78.9 Å². The summed E-state index contributed by atoms with van der Waals surface area (Å²) < 4.78 is 19.2. The number of likely N-dealkylation sites (N-methyl/N-ethyl adjacent to an activating group) is 2. The molecule has 9 rings (SSSR count). The number of carboxylic acids is 1. The number of aryl methyl sites for hydroxylation is 1. The number of nitrogens with one attached hydrogen (secondary N) is 9. The van der Waals surface area contributed by atoms with Gasteiger partial charge in [0.05, 0.1) is 38.1 Å². The number of aromatic nitrogens is 3. The zero-order valence-corrected chi connectivity index (χ0v) is 59.1. The molecule has 3 aliphatic rings. The summed E-state index contributed by atoms with van der Waals surface area (Å²) in [7, 11) is 4.37. The number of fused-ring (bicyclic) bond motifs is 23. The van der Waals surface area contributed by atoms with E-state index in [0.29, 0.717) is 22.4 Å². The molecule has 10 N–H and O–H groups in total. The number of esters is 1. The minimum absolute atomic E-state index is 0.0261. The first-order chi connectivity index (χ1) is 48.0. The Morgan fingerprint density at radius 1 is 0.644 bits per heavy atom. The first kappa shape index (κ1) is 76.6. The number of nitrogens with zero attached hydrogens (tertiary/aromatic N) is 4. The molecule has 540 valence electrons. The monoisotopic (exact) mass is 1390 g/mol. The number of methoxy groups -OCH3 is 1. The molecule has 0 saturated carbocycles. The minimum atomic E-state index is -1.51. The second kappa shape index (κ2) is 34.8. The fraction of sp³-hybridized carbons (Fsp3) is 0.459. The molecule has 0 unspecified atom stereocenters. The molecule has 0 radical (unpaired) electrons. The van der Waals surface area contributed by atoms with Crippen LogP contribution in [0.3, 0.4) is 0 Å². The van der Waals surface area contributed by atoms with Crippen molar-refractivity contribution in [2.75, 3.05) is 34.4 Å². The van der Waals surface area contributed by atoms with E-state index in [0.717, 1.165) is 28.7 Å². The van der Waals surface area contributed by atoms with Crippen molar-refractivity contribution in [2.45, 2.75) is 174 Å². The lowest BCUT2D eigenvalue weighted by Crippen LogP contribution is -2.62. The maximum atomic E-state index is 15.3. The molecule has 27 heteroatoms. The van der Waals surface area contributed by atoms with Crippen LogP contribution in [0.15, 0.2) is 128 Å². The van der Waals surface area contributed by atoms with E-state index in [1.54, 1.807) is 112 Å². The molecule has 27 nitrogen and oxygen atoms in total. The summed E-state index contributed by atoms with van der Waals surface area (Å²) in [5.74, 6) is -7.22. The third kappa shape index (κ3) is 21.0. The number of carboxylic acid groups (broad SMARTS) is 1. The van der Waals surface area contributed by atoms with Crippen molar-refractivity contribution in [1.29, 1.82) is 0 Å². The summed E-state index contributed by atoms with van der Waals surface area (Å²) >= 11 is 0. The summed E-state index contributed by atoms with van der Waals surface area (Å²) in [6, 6.07) is 20.7. The highest BCUT2D eigenvalue weighted by Crippen LogP contribution is 2.30. The zero-order valence-electron chi connectivity index (χ0n) is 59.1. The van der Waals surface area contributed by atoms with Crippen molar-refractivity contribution in [3.63, 3.8) is 0 Å². The molecule has 6 aromatic rings. The average molecular weight is 1390 g/mol. The summed E-state index contributed by atoms with van der Waals surface area (Å²) in [6.07, 6.45) is 3.17. The number of hydrogen-bond donors (Lipinski definition) is 10. The molecule has 3 aliphatic heterocycles. The number of aliphatic carboxylic acids is 1. The third-order valence-corrected chi connectivity index (χ3v) is 18.1. The Hall–Kier alpha value is -10.1. The molecular weight excluding hydrogens is 1290 g/mol. The number of amides is 8. The van der Waals surface area contributed by atoms with Gasteiger partial charge in [0.15, 0.2) is 0 Å². The van der Waals surface area contributed by atoms with E-state index in [9.17, 15) is 43.5 Å². The average Bonchev–Trinajstić information content (AvgIpc) is 1.68. The van der Waals surface area contributed by atoms with E-state index in [1.165, 1.54) is 15.8 Å². The standard InChI is InChI=1S/C74H95N13O14/c1-43(75-9)63(88)82-61(73(3,4)5)69(94)77-54-22-16-17-35-100-53-29-25-45(26-30-53)38-58(71(96)97)81-67(92)57(40-47-24-28-49-19-13-15-21-51(49)37-47)80-68(93)60-59(32-34-87(60)70(95)62(74(6,7)8)83-64(89)44(2)76-10)101-42-52-41-86(85-84-52)33-31-55(72(98)99-11)78-66(91)56(79-65(54)90)39-46-23-27-48-18-12-14-20-50(48)36-46/h12-21,23-30,36-37,41,43-44,54-62,75-76H,22,31-35,38-40,42H2,1-11H3,(H,77,94)(H,78,91)(H,79,90)(H,80,93)(H,81,92)(H,82,88)(H,83,89)(H,96,97)/t43-,44-,54-,55-,56-,57-,58+,59+,60-,61+,62+/m0/s1. The van der Waals surface area contributed by atoms with Gasteiger partial charge in [0, 0.05) is 32.4 Å². The Balaban J connectivity index is 1.15. The van der Waals surface area contributed by atoms with Crippen molar-refractivity contribution in [1.82, 2.24) is 67.7 Å². The summed E-state index contributed by atoms with van der Waals surface area (Å²) in [4.78, 5) is 145. The lowest BCUT2D eigenvalue weighted by molar-refractivity contribution is -0.147. The first-order valence-corrected chi connectivity index (χ1v) is 33.9. The van der Waals surface area contributed by atoms with Crippen molar-refractivity contribution >= 4 is 80.7 Å². The van der Waals surface area contributed by atoms with E-state index >= 15 is 9.59 Å². The van der Waals surface area contributed by atoms with Gasteiger partial charge in [-0.25, -0.2) is 9.59 Å².